The third-order valence-electron chi connectivity index (χ3n) is 5.32. The van der Waals surface area contributed by atoms with Crippen LogP contribution in [0.3, 0.4) is 0 Å². The molecule has 29 heavy (non-hydrogen) atoms. The molecule has 0 atom stereocenters. The van der Waals surface area contributed by atoms with E-state index < -0.39 is 0 Å². The van der Waals surface area contributed by atoms with E-state index in [2.05, 4.69) is 105 Å². The van der Waals surface area contributed by atoms with Crippen LogP contribution < -0.4 is 0 Å². The summed E-state index contributed by atoms with van der Waals surface area (Å²) in [7, 11) is 0. The lowest BCUT2D eigenvalue weighted by molar-refractivity contribution is 0.696. The number of hydrogen-bond donors (Lipinski definition) is 0. The summed E-state index contributed by atoms with van der Waals surface area (Å²) in [4.78, 5) is 0. The van der Waals surface area contributed by atoms with Crippen molar-refractivity contribution in [2.45, 2.75) is 27.3 Å². The largest absolute Gasteiger partial charge is 0.260 e. The van der Waals surface area contributed by atoms with Gasteiger partial charge in [0.2, 0.25) is 0 Å². The van der Waals surface area contributed by atoms with Crippen molar-refractivity contribution in [3.63, 3.8) is 0 Å². The minimum Gasteiger partial charge on any atom is -0.260 e. The molecule has 1 aromatic heterocycles. The lowest BCUT2D eigenvalue weighted by atomic mass is 10.0. The van der Waals surface area contributed by atoms with Gasteiger partial charge in [-0.25, -0.2) is 0 Å². The molecule has 2 heteroatoms. The Hall–Kier alpha value is -3.39. The van der Waals surface area contributed by atoms with E-state index in [4.69, 9.17) is 5.10 Å². The Balaban J connectivity index is 1.85. The van der Waals surface area contributed by atoms with Crippen LogP contribution in [0.15, 0.2) is 79.4 Å². The predicted molar refractivity (Wildman–Crippen MR) is 123 cm³/mol. The van der Waals surface area contributed by atoms with E-state index in [0.29, 0.717) is 0 Å². The first-order valence-corrected chi connectivity index (χ1v) is 9.98. The van der Waals surface area contributed by atoms with Gasteiger partial charge in [-0.15, -0.1) is 0 Å². The number of aryl methyl sites for hydroxylation is 2. The van der Waals surface area contributed by atoms with E-state index in [0.717, 1.165) is 23.4 Å². The van der Waals surface area contributed by atoms with Gasteiger partial charge in [0, 0.05) is 16.7 Å². The van der Waals surface area contributed by atoms with Crippen molar-refractivity contribution in [1.29, 1.82) is 0 Å². The van der Waals surface area contributed by atoms with Crippen molar-refractivity contribution < 1.29 is 0 Å². The highest BCUT2D eigenvalue weighted by Crippen LogP contribution is 2.33. The summed E-state index contributed by atoms with van der Waals surface area (Å²) >= 11 is 0. The summed E-state index contributed by atoms with van der Waals surface area (Å²) in [5.74, 6) is 0. The van der Waals surface area contributed by atoms with Crippen LogP contribution in [0.25, 0.3) is 28.6 Å². The highest BCUT2D eigenvalue weighted by molar-refractivity contribution is 5.74. The number of aromatic nitrogens is 2. The Morgan fingerprint density at radius 1 is 0.828 bits per heavy atom. The molecule has 0 radical (unpaired) electrons. The van der Waals surface area contributed by atoms with Gasteiger partial charge >= 0.3 is 0 Å². The summed E-state index contributed by atoms with van der Waals surface area (Å²) < 4.78 is 2.14. The molecule has 0 N–H and O–H groups in total. The maximum absolute atomic E-state index is 5.06. The maximum Gasteiger partial charge on any atom is 0.0959 e. The Labute approximate surface area is 173 Å². The van der Waals surface area contributed by atoms with Gasteiger partial charge in [0.25, 0.3) is 0 Å². The molecule has 2 nitrogen and oxygen atoms in total. The number of rotatable bonds is 5. The second-order valence-corrected chi connectivity index (χ2v) is 7.66. The molecular weight excluding hydrogens is 352 g/mol. The Bertz CT molecular complexity index is 1160. The van der Waals surface area contributed by atoms with Gasteiger partial charge in [-0.2, -0.15) is 5.10 Å². The molecule has 0 aliphatic heterocycles. The Kier molecular flexibility index (Phi) is 5.18. The lowest BCUT2D eigenvalue weighted by Crippen LogP contribution is -2.04. The van der Waals surface area contributed by atoms with Gasteiger partial charge in [-0.1, -0.05) is 84.4 Å². The molecule has 0 fully saturated rings. The average molecular weight is 379 g/mol. The van der Waals surface area contributed by atoms with Crippen molar-refractivity contribution >= 4 is 6.08 Å². The molecule has 0 aliphatic rings. The van der Waals surface area contributed by atoms with Crippen molar-refractivity contribution in [3.05, 3.63) is 107 Å². The van der Waals surface area contributed by atoms with Crippen LogP contribution in [0.4, 0.5) is 0 Å². The van der Waals surface area contributed by atoms with E-state index in [9.17, 15) is 0 Å². The van der Waals surface area contributed by atoms with E-state index in [-0.39, 0.29) is 0 Å². The number of benzene rings is 3. The second kappa shape index (κ2) is 7.92. The second-order valence-electron chi connectivity index (χ2n) is 7.66. The maximum atomic E-state index is 5.06. The monoisotopic (exact) mass is 378 g/mol. The highest BCUT2D eigenvalue weighted by Gasteiger charge is 2.18. The quantitative estimate of drug-likeness (QED) is 0.372. The third kappa shape index (κ3) is 3.93. The van der Waals surface area contributed by atoms with E-state index in [1.807, 2.05) is 6.08 Å². The summed E-state index contributed by atoms with van der Waals surface area (Å²) in [6, 6.07) is 25.8. The minimum absolute atomic E-state index is 0.730. The van der Waals surface area contributed by atoms with Crippen LogP contribution >= 0.6 is 0 Å². The molecule has 0 spiro atoms. The van der Waals surface area contributed by atoms with Gasteiger partial charge in [-0.3, -0.25) is 4.68 Å². The first kappa shape index (κ1) is 18.9. The standard InChI is InChI=1S/C27H26N2/c1-5-22-12-14-23(15-13-22)18-29-27(25-11-7-9-20(3)17-25)21(4)26(28-29)24-10-6-8-19(2)16-24/h5-17H,1,18H2,2-4H3. The lowest BCUT2D eigenvalue weighted by Gasteiger charge is -2.10. The van der Waals surface area contributed by atoms with E-state index in [1.54, 1.807) is 0 Å². The van der Waals surface area contributed by atoms with Crippen molar-refractivity contribution in [1.82, 2.24) is 9.78 Å². The fourth-order valence-corrected chi connectivity index (χ4v) is 3.82. The van der Waals surface area contributed by atoms with Gasteiger partial charge in [0.1, 0.15) is 0 Å². The van der Waals surface area contributed by atoms with Gasteiger partial charge in [-0.05, 0) is 44.0 Å². The molecule has 0 saturated heterocycles. The molecule has 4 aromatic rings. The van der Waals surface area contributed by atoms with Crippen LogP contribution in [-0.2, 0) is 6.54 Å². The van der Waals surface area contributed by atoms with Crippen LogP contribution in [-0.4, -0.2) is 9.78 Å². The molecule has 3 aromatic carbocycles. The summed E-state index contributed by atoms with van der Waals surface area (Å²) in [6.45, 7) is 11.0. The summed E-state index contributed by atoms with van der Waals surface area (Å²) in [6.07, 6.45) is 1.87. The topological polar surface area (TPSA) is 17.8 Å². The summed E-state index contributed by atoms with van der Waals surface area (Å²) in [5, 5.41) is 5.06. The van der Waals surface area contributed by atoms with Crippen molar-refractivity contribution in [2.24, 2.45) is 0 Å². The zero-order valence-corrected chi connectivity index (χ0v) is 17.3. The molecule has 0 aliphatic carbocycles. The van der Waals surface area contributed by atoms with Gasteiger partial charge < -0.3 is 0 Å². The molecular formula is C27H26N2. The van der Waals surface area contributed by atoms with Crippen molar-refractivity contribution in [2.75, 3.05) is 0 Å². The molecule has 0 bridgehead atoms. The van der Waals surface area contributed by atoms with Crippen LogP contribution in [0, 0.1) is 20.8 Å². The smallest absolute Gasteiger partial charge is 0.0959 e. The van der Waals surface area contributed by atoms with E-state index >= 15 is 0 Å². The minimum atomic E-state index is 0.730. The molecule has 0 saturated carbocycles. The Morgan fingerprint density at radius 3 is 2.07 bits per heavy atom. The zero-order chi connectivity index (χ0) is 20.4. The molecule has 0 unspecified atom stereocenters. The summed E-state index contributed by atoms with van der Waals surface area (Å²) in [5.41, 5.74) is 10.7. The third-order valence-corrected chi connectivity index (χ3v) is 5.32. The highest BCUT2D eigenvalue weighted by atomic mass is 15.3. The first-order chi connectivity index (χ1) is 14.0. The number of hydrogen-bond acceptors (Lipinski definition) is 1. The fraction of sp³-hybridized carbons (Fsp3) is 0.148. The predicted octanol–water partition coefficient (Wildman–Crippen LogP) is 6.83. The molecule has 1 heterocycles. The first-order valence-electron chi connectivity index (χ1n) is 9.98. The van der Waals surface area contributed by atoms with Crippen LogP contribution in [0.2, 0.25) is 0 Å². The average Bonchev–Trinajstić information content (AvgIpc) is 3.04. The normalized spacial score (nSPS) is 10.9. The van der Waals surface area contributed by atoms with Crippen molar-refractivity contribution in [3.8, 4) is 22.5 Å². The fourth-order valence-electron chi connectivity index (χ4n) is 3.82. The molecule has 0 amide bonds. The SMILES string of the molecule is C=Cc1ccc(Cn2nc(-c3cccc(C)c3)c(C)c2-c2cccc(C)c2)cc1. The Morgan fingerprint density at radius 2 is 1.45 bits per heavy atom. The molecule has 4 rings (SSSR count). The van der Waals surface area contributed by atoms with E-state index in [1.165, 1.54) is 33.5 Å². The van der Waals surface area contributed by atoms with Crippen LogP contribution in [0.5, 0.6) is 0 Å². The zero-order valence-electron chi connectivity index (χ0n) is 17.3. The van der Waals surface area contributed by atoms with Gasteiger partial charge in [0.15, 0.2) is 0 Å². The molecule has 144 valence electrons. The number of nitrogens with zero attached hydrogens (tertiary/aromatic N) is 2. The van der Waals surface area contributed by atoms with Gasteiger partial charge in [0.05, 0.1) is 17.9 Å². The van der Waals surface area contributed by atoms with Crippen LogP contribution in [0.1, 0.15) is 27.8 Å².